The number of fused-ring (bicyclic) bond motifs is 1. The van der Waals surface area contributed by atoms with Crippen molar-refractivity contribution >= 4 is 23.0 Å². The zero-order valence-corrected chi connectivity index (χ0v) is 20.7. The summed E-state index contributed by atoms with van der Waals surface area (Å²) >= 11 is 0. The number of imidazole rings is 1. The van der Waals surface area contributed by atoms with Crippen molar-refractivity contribution in [1.29, 1.82) is 0 Å². The first kappa shape index (κ1) is 23.7. The second-order valence-corrected chi connectivity index (χ2v) is 8.24. The van der Waals surface area contributed by atoms with E-state index < -0.39 is 0 Å². The predicted molar refractivity (Wildman–Crippen MR) is 133 cm³/mol. The van der Waals surface area contributed by atoms with Gasteiger partial charge in [-0.15, -0.1) is 5.10 Å². The van der Waals surface area contributed by atoms with Crippen molar-refractivity contribution in [3.8, 4) is 23.0 Å². The quantitative estimate of drug-likeness (QED) is 0.344. The molecule has 0 radical (unpaired) electrons. The second kappa shape index (κ2) is 10.3. The van der Waals surface area contributed by atoms with Crippen LogP contribution in [0.1, 0.15) is 19.7 Å². The largest absolute Gasteiger partial charge is 0.479 e. The molecule has 1 aromatic carbocycles. The molecule has 3 aromatic heterocycles. The smallest absolute Gasteiger partial charge is 0.313 e. The zero-order valence-electron chi connectivity index (χ0n) is 20.7. The number of hydrogen-bond acceptors (Lipinski definition) is 9. The lowest BCUT2D eigenvalue weighted by Crippen LogP contribution is -2.37. The summed E-state index contributed by atoms with van der Waals surface area (Å²) in [5.41, 5.74) is 3.09. The Morgan fingerprint density at radius 1 is 1.08 bits per heavy atom. The summed E-state index contributed by atoms with van der Waals surface area (Å²) in [6, 6.07) is 9.90. The molecular weight excluding hydrogens is 462 g/mol. The van der Waals surface area contributed by atoms with Crippen LogP contribution >= 0.6 is 0 Å². The van der Waals surface area contributed by atoms with Gasteiger partial charge in [-0.25, -0.2) is 9.67 Å². The Morgan fingerprint density at radius 2 is 1.86 bits per heavy atom. The van der Waals surface area contributed by atoms with E-state index in [4.69, 9.17) is 29.2 Å². The molecule has 0 unspecified atom stereocenters. The fourth-order valence-corrected chi connectivity index (χ4v) is 4.35. The molecular formula is C25H29N7O4. The third-order valence-electron chi connectivity index (χ3n) is 6.04. The third kappa shape index (κ3) is 4.49. The lowest BCUT2D eigenvalue weighted by molar-refractivity contribution is -0.142. The second-order valence-electron chi connectivity index (χ2n) is 8.24. The molecule has 5 rings (SSSR count). The number of nitrogens with zero attached hydrogens (tertiary/aromatic N) is 7. The normalized spacial score (nSPS) is 13.8. The van der Waals surface area contributed by atoms with Gasteiger partial charge < -0.3 is 23.7 Å². The molecule has 4 aromatic rings. The monoisotopic (exact) mass is 491 g/mol. The summed E-state index contributed by atoms with van der Waals surface area (Å²) in [5, 5.41) is 4.63. The topological polar surface area (TPSA) is 109 Å². The van der Waals surface area contributed by atoms with Crippen LogP contribution in [0.25, 0.3) is 28.2 Å². The van der Waals surface area contributed by atoms with Gasteiger partial charge in [0.15, 0.2) is 17.0 Å². The van der Waals surface area contributed by atoms with E-state index in [1.807, 2.05) is 48.0 Å². The molecule has 0 aliphatic carbocycles. The maximum absolute atomic E-state index is 12.3. The van der Waals surface area contributed by atoms with E-state index in [1.165, 1.54) is 0 Å². The van der Waals surface area contributed by atoms with Crippen molar-refractivity contribution in [3.63, 3.8) is 0 Å². The number of hydrogen-bond donors (Lipinski definition) is 0. The van der Waals surface area contributed by atoms with Crippen LogP contribution in [0.2, 0.25) is 0 Å². The van der Waals surface area contributed by atoms with Gasteiger partial charge in [0.2, 0.25) is 5.88 Å². The molecule has 1 aliphatic rings. The molecule has 0 bridgehead atoms. The molecule has 0 saturated carbocycles. The number of aromatic nitrogens is 6. The van der Waals surface area contributed by atoms with Crippen LogP contribution in [0.15, 0.2) is 36.5 Å². The summed E-state index contributed by atoms with van der Waals surface area (Å²) in [6.07, 6.45) is 1.92. The summed E-state index contributed by atoms with van der Waals surface area (Å²) in [4.78, 5) is 29.0. The molecule has 1 fully saturated rings. The van der Waals surface area contributed by atoms with Crippen LogP contribution < -0.4 is 9.64 Å². The molecule has 188 valence electrons. The van der Waals surface area contributed by atoms with E-state index in [9.17, 15) is 4.79 Å². The Hall–Kier alpha value is -3.99. The first-order valence-corrected chi connectivity index (χ1v) is 12.1. The van der Waals surface area contributed by atoms with Crippen LogP contribution in [0.4, 0.5) is 5.82 Å². The standard InChI is InChI=1S/C25H29N7O4/c1-4-31-19(15-20(33)36-5-2)26-21-22(30-11-13-35-14-12-30)27-25(28-23(21)31)32-16-18(24(29-32)34-3)17-9-7-6-8-10-17/h6-10,16H,4-5,11-15H2,1-3H3. The van der Waals surface area contributed by atoms with Gasteiger partial charge in [-0.3, -0.25) is 4.79 Å². The minimum Gasteiger partial charge on any atom is -0.479 e. The highest BCUT2D eigenvalue weighted by Gasteiger charge is 2.25. The number of carbonyl (C=O) groups is 1. The summed E-state index contributed by atoms with van der Waals surface area (Å²) in [7, 11) is 1.59. The Kier molecular flexibility index (Phi) is 6.81. The molecule has 0 spiro atoms. The van der Waals surface area contributed by atoms with E-state index in [2.05, 4.69) is 10.00 Å². The van der Waals surface area contributed by atoms with Gasteiger partial charge in [-0.05, 0) is 19.4 Å². The van der Waals surface area contributed by atoms with Crippen molar-refractivity contribution in [2.45, 2.75) is 26.8 Å². The molecule has 4 heterocycles. The fraction of sp³-hybridized carbons (Fsp3) is 0.400. The van der Waals surface area contributed by atoms with E-state index in [0.717, 1.165) is 11.1 Å². The highest BCUT2D eigenvalue weighted by molar-refractivity contribution is 5.86. The van der Waals surface area contributed by atoms with Crippen molar-refractivity contribution in [2.24, 2.45) is 0 Å². The first-order chi connectivity index (χ1) is 17.6. The maximum Gasteiger partial charge on any atom is 0.313 e. The fourth-order valence-electron chi connectivity index (χ4n) is 4.35. The predicted octanol–water partition coefficient (Wildman–Crippen LogP) is 2.65. The maximum atomic E-state index is 12.3. The third-order valence-corrected chi connectivity index (χ3v) is 6.04. The number of benzene rings is 1. The number of morpholine rings is 1. The number of aryl methyl sites for hydroxylation is 1. The summed E-state index contributed by atoms with van der Waals surface area (Å²) < 4.78 is 19.8. The Labute approximate surface area is 208 Å². The van der Waals surface area contributed by atoms with E-state index >= 15 is 0 Å². The van der Waals surface area contributed by atoms with Gasteiger partial charge in [0, 0.05) is 25.8 Å². The molecule has 1 aliphatic heterocycles. The average Bonchev–Trinajstić information content (AvgIpc) is 3.50. The number of ether oxygens (including phenoxy) is 3. The molecule has 1 saturated heterocycles. The van der Waals surface area contributed by atoms with Crippen molar-refractivity contribution in [3.05, 3.63) is 42.4 Å². The Morgan fingerprint density at radius 3 is 2.56 bits per heavy atom. The number of anilines is 1. The average molecular weight is 492 g/mol. The highest BCUT2D eigenvalue weighted by Crippen LogP contribution is 2.31. The number of esters is 1. The molecule has 36 heavy (non-hydrogen) atoms. The van der Waals surface area contributed by atoms with Gasteiger partial charge in [0.1, 0.15) is 12.2 Å². The molecule has 0 amide bonds. The summed E-state index contributed by atoms with van der Waals surface area (Å²) in [6.45, 7) is 7.23. The van der Waals surface area contributed by atoms with Gasteiger partial charge in [-0.2, -0.15) is 9.97 Å². The van der Waals surface area contributed by atoms with Crippen LogP contribution in [0.3, 0.4) is 0 Å². The minimum atomic E-state index is -0.326. The number of methoxy groups -OCH3 is 1. The number of rotatable bonds is 8. The lowest BCUT2D eigenvalue weighted by atomic mass is 10.1. The first-order valence-electron chi connectivity index (χ1n) is 12.1. The van der Waals surface area contributed by atoms with Crippen LogP contribution in [-0.4, -0.2) is 75.3 Å². The highest BCUT2D eigenvalue weighted by atomic mass is 16.5. The van der Waals surface area contributed by atoms with E-state index in [-0.39, 0.29) is 12.4 Å². The lowest BCUT2D eigenvalue weighted by Gasteiger charge is -2.28. The van der Waals surface area contributed by atoms with Gasteiger partial charge in [0.25, 0.3) is 5.95 Å². The Balaban J connectivity index is 1.67. The molecule has 11 nitrogen and oxygen atoms in total. The summed E-state index contributed by atoms with van der Waals surface area (Å²) in [5.74, 6) is 1.82. The molecule has 0 atom stereocenters. The van der Waals surface area contributed by atoms with E-state index in [1.54, 1.807) is 18.7 Å². The zero-order chi connectivity index (χ0) is 25.1. The number of carbonyl (C=O) groups excluding carboxylic acids is 1. The molecule has 0 N–H and O–H groups in total. The molecule has 11 heteroatoms. The van der Waals surface area contributed by atoms with Crippen LogP contribution in [0.5, 0.6) is 5.88 Å². The van der Waals surface area contributed by atoms with Gasteiger partial charge in [-0.1, -0.05) is 30.3 Å². The minimum absolute atomic E-state index is 0.0592. The van der Waals surface area contributed by atoms with Gasteiger partial charge >= 0.3 is 5.97 Å². The van der Waals surface area contributed by atoms with Crippen LogP contribution in [0, 0.1) is 0 Å². The van der Waals surface area contributed by atoms with E-state index in [0.29, 0.717) is 74.1 Å². The van der Waals surface area contributed by atoms with Crippen molar-refractivity contribution < 1.29 is 19.0 Å². The SMILES string of the molecule is CCOC(=O)Cc1nc2c(N3CCOCC3)nc(-n3cc(-c4ccccc4)c(OC)n3)nc2n1CC. The van der Waals surface area contributed by atoms with Crippen molar-refractivity contribution in [1.82, 2.24) is 29.3 Å². The van der Waals surface area contributed by atoms with Gasteiger partial charge in [0.05, 0.1) is 32.5 Å². The van der Waals surface area contributed by atoms with Crippen LogP contribution in [-0.2, 0) is 27.2 Å². The Bertz CT molecular complexity index is 1360. The van der Waals surface area contributed by atoms with Crippen molar-refractivity contribution in [2.75, 3.05) is 44.9 Å².